The van der Waals surface area contributed by atoms with Crippen LogP contribution in [0.4, 0.5) is 0 Å². The maximum absolute atomic E-state index is 13.1. The number of rotatable bonds is 4. The van der Waals surface area contributed by atoms with Gasteiger partial charge in [0.2, 0.25) is 8.07 Å². The van der Waals surface area contributed by atoms with Crippen molar-refractivity contribution in [2.45, 2.75) is 0 Å². The van der Waals surface area contributed by atoms with Crippen molar-refractivity contribution in [1.82, 2.24) is 0 Å². The number of carbonyl (C=O) groups is 1. The van der Waals surface area contributed by atoms with Crippen molar-refractivity contribution in [2.75, 3.05) is 0 Å². The van der Waals surface area contributed by atoms with Gasteiger partial charge in [-0.1, -0.05) is 91.0 Å². The maximum atomic E-state index is 13.1. The summed E-state index contributed by atoms with van der Waals surface area (Å²) in [6.45, 7) is 0. The van der Waals surface area contributed by atoms with E-state index >= 15 is 0 Å². The van der Waals surface area contributed by atoms with E-state index in [0.29, 0.717) is 0 Å². The molecule has 1 nitrogen and oxygen atoms in total. The topological polar surface area (TPSA) is 17.1 Å². The molecule has 0 saturated heterocycles. The van der Waals surface area contributed by atoms with Crippen molar-refractivity contribution in [3.63, 3.8) is 0 Å². The van der Waals surface area contributed by atoms with Crippen LogP contribution >= 0.6 is 0 Å². The molecule has 0 aliphatic carbocycles. The second kappa shape index (κ2) is 6.47. The van der Waals surface area contributed by atoms with Gasteiger partial charge in [-0.2, -0.15) is 0 Å². The molecule has 0 aromatic heterocycles. The fraction of sp³-hybridized carbons (Fsp3) is 0. The molecule has 110 valence electrons. The summed E-state index contributed by atoms with van der Waals surface area (Å²) in [5.74, 6) is 2.42. The predicted octanol–water partition coefficient (Wildman–Crippen LogP) is 1.90. The van der Waals surface area contributed by atoms with Crippen LogP contribution in [-0.2, 0) is 4.79 Å². The lowest BCUT2D eigenvalue weighted by Gasteiger charge is -2.29. The van der Waals surface area contributed by atoms with Gasteiger partial charge in [0.25, 0.3) is 0 Å². The first-order valence-corrected chi connectivity index (χ1v) is 9.47. The molecular weight excluding hydrogens is 296 g/mol. The standard InChI is InChI=1S/C21H16OSi/c1-2-21(22)23(18-12-6-3-7-13-18,19-14-8-4-9-15-19)20-16-10-5-11-17-20/h1,3-17H. The lowest BCUT2D eigenvalue weighted by atomic mass is 10.3. The molecule has 3 aromatic carbocycles. The first kappa shape index (κ1) is 15.0. The molecule has 0 spiro atoms. The van der Waals surface area contributed by atoms with Crippen molar-refractivity contribution in [3.8, 4) is 12.3 Å². The highest BCUT2D eigenvalue weighted by molar-refractivity contribution is 7.31. The van der Waals surface area contributed by atoms with Gasteiger partial charge in [-0.05, 0) is 21.5 Å². The Morgan fingerprint density at radius 2 is 0.957 bits per heavy atom. The van der Waals surface area contributed by atoms with Crippen LogP contribution in [0, 0.1) is 12.3 Å². The molecule has 0 fully saturated rings. The molecule has 0 aliphatic rings. The smallest absolute Gasteiger partial charge is 0.241 e. The van der Waals surface area contributed by atoms with E-state index in [1.165, 1.54) is 0 Å². The van der Waals surface area contributed by atoms with Gasteiger partial charge in [0.05, 0.1) is 0 Å². The average molecular weight is 312 g/mol. The minimum absolute atomic E-state index is 0.124. The lowest BCUT2D eigenvalue weighted by molar-refractivity contribution is -0.107. The highest BCUT2D eigenvalue weighted by Gasteiger charge is 2.46. The van der Waals surface area contributed by atoms with E-state index < -0.39 is 8.07 Å². The Hall–Kier alpha value is -2.89. The SMILES string of the molecule is C#CC(=O)[Si](c1ccccc1)(c1ccccc1)c1ccccc1. The summed E-state index contributed by atoms with van der Waals surface area (Å²) in [4.78, 5) is 13.1. The first-order chi connectivity index (χ1) is 11.3. The third kappa shape index (κ3) is 2.52. The summed E-state index contributed by atoms with van der Waals surface area (Å²) in [5.41, 5.74) is 0. The van der Waals surface area contributed by atoms with Crippen LogP contribution in [0.5, 0.6) is 0 Å². The summed E-state index contributed by atoms with van der Waals surface area (Å²) in [6, 6.07) is 29.8. The number of hydrogen-bond donors (Lipinski definition) is 0. The zero-order chi connectivity index (χ0) is 16.1. The highest BCUT2D eigenvalue weighted by atomic mass is 28.3. The van der Waals surface area contributed by atoms with Crippen LogP contribution in [0.1, 0.15) is 0 Å². The van der Waals surface area contributed by atoms with Crippen LogP contribution in [-0.4, -0.2) is 13.5 Å². The molecule has 23 heavy (non-hydrogen) atoms. The zero-order valence-corrected chi connectivity index (χ0v) is 13.6. The minimum Gasteiger partial charge on any atom is -0.290 e. The number of carbonyl (C=O) groups excluding carboxylic acids is 1. The Balaban J connectivity index is 2.41. The third-order valence-electron chi connectivity index (χ3n) is 4.09. The number of hydrogen-bond acceptors (Lipinski definition) is 1. The van der Waals surface area contributed by atoms with E-state index in [4.69, 9.17) is 6.42 Å². The van der Waals surface area contributed by atoms with Crippen molar-refractivity contribution < 1.29 is 4.79 Å². The van der Waals surface area contributed by atoms with E-state index in [9.17, 15) is 4.79 Å². The quantitative estimate of drug-likeness (QED) is 0.408. The number of benzene rings is 3. The Kier molecular flexibility index (Phi) is 4.23. The van der Waals surface area contributed by atoms with E-state index in [0.717, 1.165) is 15.6 Å². The molecule has 0 N–H and O–H groups in total. The fourth-order valence-electron chi connectivity index (χ4n) is 3.07. The van der Waals surface area contributed by atoms with Crippen LogP contribution in [0.15, 0.2) is 91.0 Å². The molecule has 3 aromatic rings. The molecular formula is C21H16OSi. The molecule has 0 unspecified atom stereocenters. The van der Waals surface area contributed by atoms with Gasteiger partial charge in [-0.15, -0.1) is 6.42 Å². The molecule has 0 saturated carbocycles. The third-order valence-corrected chi connectivity index (χ3v) is 8.52. The summed E-state index contributed by atoms with van der Waals surface area (Å²) in [7, 11) is -2.90. The van der Waals surface area contributed by atoms with Gasteiger partial charge < -0.3 is 0 Å². The van der Waals surface area contributed by atoms with E-state index in [1.807, 2.05) is 91.0 Å². The Morgan fingerprint density at radius 1 is 0.652 bits per heavy atom. The Labute approximate surface area is 137 Å². The largest absolute Gasteiger partial charge is 0.290 e. The van der Waals surface area contributed by atoms with Crippen LogP contribution in [0.2, 0.25) is 0 Å². The van der Waals surface area contributed by atoms with E-state index in [-0.39, 0.29) is 5.41 Å². The minimum atomic E-state index is -2.90. The average Bonchev–Trinajstić information content (AvgIpc) is 2.65. The molecule has 0 radical (unpaired) electrons. The van der Waals surface area contributed by atoms with Gasteiger partial charge in [-0.3, -0.25) is 4.79 Å². The summed E-state index contributed by atoms with van der Waals surface area (Å²) >= 11 is 0. The maximum Gasteiger partial charge on any atom is 0.241 e. The Bertz CT molecular complexity index is 737. The van der Waals surface area contributed by atoms with Crippen molar-refractivity contribution in [1.29, 1.82) is 0 Å². The van der Waals surface area contributed by atoms with Gasteiger partial charge in [0.1, 0.15) is 0 Å². The summed E-state index contributed by atoms with van der Waals surface area (Å²) < 4.78 is 0. The van der Waals surface area contributed by atoms with E-state index in [1.54, 1.807) is 0 Å². The second-order valence-corrected chi connectivity index (χ2v) is 9.01. The first-order valence-electron chi connectivity index (χ1n) is 7.47. The summed E-state index contributed by atoms with van der Waals surface area (Å²) in [5, 5.41) is 2.92. The zero-order valence-electron chi connectivity index (χ0n) is 12.6. The highest BCUT2D eigenvalue weighted by Crippen LogP contribution is 2.09. The van der Waals surface area contributed by atoms with Crippen molar-refractivity contribution in [2.24, 2.45) is 0 Å². The van der Waals surface area contributed by atoms with E-state index in [2.05, 4.69) is 5.92 Å². The predicted molar refractivity (Wildman–Crippen MR) is 97.8 cm³/mol. The monoisotopic (exact) mass is 312 g/mol. The molecule has 3 rings (SSSR count). The van der Waals surface area contributed by atoms with Crippen molar-refractivity contribution >= 4 is 29.0 Å². The Morgan fingerprint density at radius 3 is 1.22 bits per heavy atom. The number of terminal acetylenes is 1. The normalized spacial score (nSPS) is 10.7. The molecule has 0 atom stereocenters. The van der Waals surface area contributed by atoms with Gasteiger partial charge in [-0.25, -0.2) is 0 Å². The van der Waals surface area contributed by atoms with Crippen LogP contribution in [0.25, 0.3) is 0 Å². The molecule has 0 amide bonds. The van der Waals surface area contributed by atoms with Crippen LogP contribution in [0.3, 0.4) is 0 Å². The second-order valence-electron chi connectivity index (χ2n) is 5.32. The molecule has 0 heterocycles. The van der Waals surface area contributed by atoms with Gasteiger partial charge in [0.15, 0.2) is 5.41 Å². The molecule has 2 heteroatoms. The van der Waals surface area contributed by atoms with Crippen molar-refractivity contribution in [3.05, 3.63) is 91.0 Å². The molecule has 0 bridgehead atoms. The van der Waals surface area contributed by atoms with Gasteiger partial charge >= 0.3 is 0 Å². The summed E-state index contributed by atoms with van der Waals surface area (Å²) in [6.07, 6.45) is 5.61. The van der Waals surface area contributed by atoms with Crippen LogP contribution < -0.4 is 15.6 Å². The molecule has 0 aliphatic heterocycles. The fourth-order valence-corrected chi connectivity index (χ4v) is 7.15. The van der Waals surface area contributed by atoms with Gasteiger partial charge in [0, 0.05) is 0 Å². The lowest BCUT2D eigenvalue weighted by Crippen LogP contribution is -2.72.